The van der Waals surface area contributed by atoms with Crippen molar-refractivity contribution in [1.29, 1.82) is 0 Å². The molecule has 1 atom stereocenters. The Bertz CT molecular complexity index is 408. The number of hydrogen-bond donors (Lipinski definition) is 1. The van der Waals surface area contributed by atoms with Crippen LogP contribution in [0.4, 0.5) is 0 Å². The maximum Gasteiger partial charge on any atom is 0.339 e. The molecule has 0 saturated carbocycles. The molecule has 4 heteroatoms. The van der Waals surface area contributed by atoms with Crippen LogP contribution in [0.2, 0.25) is 0 Å². The van der Waals surface area contributed by atoms with Gasteiger partial charge in [0.25, 0.3) is 0 Å². The fraction of sp³-hybridized carbons (Fsp3) is 0.583. The Kier molecular flexibility index (Phi) is 3.75. The molecular formula is C12H20N2O2. The lowest BCUT2D eigenvalue weighted by Gasteiger charge is -2.11. The zero-order chi connectivity index (χ0) is 12.5. The summed E-state index contributed by atoms with van der Waals surface area (Å²) in [6.07, 6.45) is 0. The van der Waals surface area contributed by atoms with Gasteiger partial charge < -0.3 is 15.0 Å². The lowest BCUT2D eigenvalue weighted by Crippen LogP contribution is -2.14. The molecule has 16 heavy (non-hydrogen) atoms. The van der Waals surface area contributed by atoms with Gasteiger partial charge in [-0.05, 0) is 31.9 Å². The van der Waals surface area contributed by atoms with Crippen LogP contribution in [0.15, 0.2) is 0 Å². The topological polar surface area (TPSA) is 57.2 Å². The van der Waals surface area contributed by atoms with Crippen LogP contribution in [0.5, 0.6) is 0 Å². The molecule has 0 saturated heterocycles. The second-order valence-corrected chi connectivity index (χ2v) is 4.15. The van der Waals surface area contributed by atoms with E-state index in [0.717, 1.165) is 17.0 Å². The summed E-state index contributed by atoms with van der Waals surface area (Å²) in [6.45, 7) is 6.47. The average Bonchev–Trinajstić information content (AvgIpc) is 2.51. The number of methoxy groups -OCH3 is 1. The molecule has 0 bridgehead atoms. The zero-order valence-electron chi connectivity index (χ0n) is 10.6. The molecule has 0 aliphatic heterocycles. The van der Waals surface area contributed by atoms with Gasteiger partial charge in [-0.25, -0.2) is 4.79 Å². The standard InChI is InChI=1S/C12H20N2O2/c1-7(6-13)10-8(2)14(4)9(3)11(10)12(15)16-5/h7H,6,13H2,1-5H3. The van der Waals surface area contributed by atoms with E-state index in [1.807, 2.05) is 32.4 Å². The highest BCUT2D eigenvalue weighted by Crippen LogP contribution is 2.28. The summed E-state index contributed by atoms with van der Waals surface area (Å²) < 4.78 is 6.84. The fourth-order valence-corrected chi connectivity index (χ4v) is 2.06. The zero-order valence-corrected chi connectivity index (χ0v) is 10.6. The normalized spacial score (nSPS) is 12.6. The van der Waals surface area contributed by atoms with Crippen LogP contribution < -0.4 is 5.73 Å². The third-order valence-electron chi connectivity index (χ3n) is 3.26. The number of nitrogens with zero attached hydrogens (tertiary/aromatic N) is 1. The number of rotatable bonds is 3. The van der Waals surface area contributed by atoms with Crippen molar-refractivity contribution in [3.05, 3.63) is 22.5 Å². The molecule has 1 unspecified atom stereocenters. The molecular weight excluding hydrogens is 204 g/mol. The van der Waals surface area contributed by atoms with E-state index < -0.39 is 0 Å². The van der Waals surface area contributed by atoms with Crippen molar-refractivity contribution in [2.24, 2.45) is 12.8 Å². The van der Waals surface area contributed by atoms with Crippen LogP contribution in [0.25, 0.3) is 0 Å². The molecule has 0 spiro atoms. The average molecular weight is 224 g/mol. The Hall–Kier alpha value is -1.29. The summed E-state index contributed by atoms with van der Waals surface area (Å²) in [5, 5.41) is 0. The van der Waals surface area contributed by atoms with E-state index in [1.54, 1.807) is 0 Å². The maximum absolute atomic E-state index is 11.8. The summed E-state index contributed by atoms with van der Waals surface area (Å²) in [7, 11) is 3.35. The number of ether oxygens (including phenoxy) is 1. The predicted molar refractivity (Wildman–Crippen MR) is 63.7 cm³/mol. The quantitative estimate of drug-likeness (QED) is 0.791. The van der Waals surface area contributed by atoms with Crippen molar-refractivity contribution < 1.29 is 9.53 Å². The predicted octanol–water partition coefficient (Wildman–Crippen LogP) is 1.49. The summed E-state index contributed by atoms with van der Waals surface area (Å²) in [4.78, 5) is 11.8. The molecule has 1 rings (SSSR count). The van der Waals surface area contributed by atoms with Gasteiger partial charge >= 0.3 is 5.97 Å². The minimum absolute atomic E-state index is 0.161. The Balaban J connectivity index is 3.45. The molecule has 0 radical (unpaired) electrons. The first kappa shape index (κ1) is 12.8. The van der Waals surface area contributed by atoms with Gasteiger partial charge in [0.1, 0.15) is 0 Å². The van der Waals surface area contributed by atoms with Crippen molar-refractivity contribution >= 4 is 5.97 Å². The van der Waals surface area contributed by atoms with Gasteiger partial charge in [0.2, 0.25) is 0 Å². The van der Waals surface area contributed by atoms with E-state index >= 15 is 0 Å². The first-order valence-electron chi connectivity index (χ1n) is 5.39. The molecule has 2 N–H and O–H groups in total. The minimum atomic E-state index is -0.281. The Morgan fingerprint density at radius 2 is 2.00 bits per heavy atom. The summed E-state index contributed by atoms with van der Waals surface area (Å²) in [5.74, 6) is -0.120. The summed E-state index contributed by atoms with van der Waals surface area (Å²) >= 11 is 0. The van der Waals surface area contributed by atoms with Gasteiger partial charge in [0, 0.05) is 18.4 Å². The molecule has 0 aromatic carbocycles. The highest BCUT2D eigenvalue weighted by atomic mass is 16.5. The third kappa shape index (κ3) is 1.85. The third-order valence-corrected chi connectivity index (χ3v) is 3.26. The molecule has 0 aliphatic carbocycles. The molecule has 0 amide bonds. The van der Waals surface area contributed by atoms with E-state index in [-0.39, 0.29) is 11.9 Å². The van der Waals surface area contributed by atoms with Crippen LogP contribution in [-0.4, -0.2) is 24.2 Å². The molecule has 0 aliphatic rings. The van der Waals surface area contributed by atoms with Crippen LogP contribution in [-0.2, 0) is 11.8 Å². The highest BCUT2D eigenvalue weighted by molar-refractivity contribution is 5.93. The van der Waals surface area contributed by atoms with Crippen molar-refractivity contribution in [2.45, 2.75) is 26.7 Å². The van der Waals surface area contributed by atoms with E-state index in [0.29, 0.717) is 12.1 Å². The Labute approximate surface area is 96.4 Å². The van der Waals surface area contributed by atoms with Crippen molar-refractivity contribution in [1.82, 2.24) is 4.57 Å². The number of hydrogen-bond acceptors (Lipinski definition) is 3. The van der Waals surface area contributed by atoms with Crippen LogP contribution in [0, 0.1) is 13.8 Å². The lowest BCUT2D eigenvalue weighted by molar-refractivity contribution is 0.0598. The molecule has 1 aromatic heterocycles. The van der Waals surface area contributed by atoms with Gasteiger partial charge in [-0.1, -0.05) is 6.92 Å². The van der Waals surface area contributed by atoms with E-state index in [9.17, 15) is 4.79 Å². The van der Waals surface area contributed by atoms with E-state index in [4.69, 9.17) is 10.5 Å². The SMILES string of the molecule is COC(=O)c1c(C(C)CN)c(C)n(C)c1C. The Morgan fingerprint density at radius 1 is 1.44 bits per heavy atom. The fourth-order valence-electron chi connectivity index (χ4n) is 2.06. The highest BCUT2D eigenvalue weighted by Gasteiger charge is 2.24. The first-order chi connectivity index (χ1) is 7.45. The number of carbonyl (C=O) groups is 1. The van der Waals surface area contributed by atoms with Gasteiger partial charge in [0.15, 0.2) is 0 Å². The number of nitrogens with two attached hydrogens (primary N) is 1. The molecule has 1 aromatic rings. The van der Waals surface area contributed by atoms with E-state index in [2.05, 4.69) is 0 Å². The van der Waals surface area contributed by atoms with Gasteiger partial charge in [0.05, 0.1) is 12.7 Å². The monoisotopic (exact) mass is 224 g/mol. The molecule has 4 nitrogen and oxygen atoms in total. The van der Waals surface area contributed by atoms with Crippen LogP contribution in [0.1, 0.15) is 40.2 Å². The minimum Gasteiger partial charge on any atom is -0.465 e. The van der Waals surface area contributed by atoms with Crippen LogP contribution >= 0.6 is 0 Å². The van der Waals surface area contributed by atoms with Crippen molar-refractivity contribution in [2.75, 3.05) is 13.7 Å². The summed E-state index contributed by atoms with van der Waals surface area (Å²) in [5.41, 5.74) is 9.37. The number of aromatic nitrogens is 1. The maximum atomic E-state index is 11.8. The van der Waals surface area contributed by atoms with Gasteiger partial charge in [-0.2, -0.15) is 0 Å². The molecule has 90 valence electrons. The lowest BCUT2D eigenvalue weighted by atomic mass is 9.96. The smallest absolute Gasteiger partial charge is 0.339 e. The first-order valence-corrected chi connectivity index (χ1v) is 5.39. The van der Waals surface area contributed by atoms with E-state index in [1.165, 1.54) is 7.11 Å². The summed E-state index contributed by atoms with van der Waals surface area (Å²) in [6, 6.07) is 0. The second-order valence-electron chi connectivity index (χ2n) is 4.15. The van der Waals surface area contributed by atoms with Gasteiger partial charge in [-0.3, -0.25) is 0 Å². The number of carbonyl (C=O) groups excluding carboxylic acids is 1. The molecule has 0 fully saturated rings. The van der Waals surface area contributed by atoms with Crippen LogP contribution in [0.3, 0.4) is 0 Å². The second kappa shape index (κ2) is 4.70. The van der Waals surface area contributed by atoms with Crippen molar-refractivity contribution in [3.63, 3.8) is 0 Å². The van der Waals surface area contributed by atoms with Crippen molar-refractivity contribution in [3.8, 4) is 0 Å². The van der Waals surface area contributed by atoms with Gasteiger partial charge in [-0.15, -0.1) is 0 Å². The number of esters is 1. The Morgan fingerprint density at radius 3 is 2.44 bits per heavy atom. The largest absolute Gasteiger partial charge is 0.465 e. The molecule has 1 heterocycles.